The van der Waals surface area contributed by atoms with E-state index in [1.807, 2.05) is 41.3 Å². The standard InChI is InChI=1S/C19H22N4O2/c24-19(23-8-4-5-9-23)16-14-17(22-10-12-25-13-11-22)21-18(20-16)15-6-2-1-3-7-15/h1-3,6-7,14H,4-5,8-13H2. The number of hydrogen-bond donors (Lipinski definition) is 0. The monoisotopic (exact) mass is 338 g/mol. The number of aromatic nitrogens is 2. The second kappa shape index (κ2) is 7.19. The maximum Gasteiger partial charge on any atom is 0.272 e. The van der Waals surface area contributed by atoms with Crippen molar-refractivity contribution in [2.45, 2.75) is 12.8 Å². The van der Waals surface area contributed by atoms with Gasteiger partial charge in [0.25, 0.3) is 5.91 Å². The molecule has 0 atom stereocenters. The molecule has 0 N–H and O–H groups in total. The summed E-state index contributed by atoms with van der Waals surface area (Å²) in [6, 6.07) is 11.7. The lowest BCUT2D eigenvalue weighted by atomic mass is 10.2. The molecule has 1 amide bonds. The zero-order valence-corrected chi connectivity index (χ0v) is 14.2. The van der Waals surface area contributed by atoms with Gasteiger partial charge in [-0.15, -0.1) is 0 Å². The Labute approximate surface area is 147 Å². The smallest absolute Gasteiger partial charge is 0.272 e. The van der Waals surface area contributed by atoms with Crippen molar-refractivity contribution in [3.05, 3.63) is 42.1 Å². The number of hydrogen-bond acceptors (Lipinski definition) is 5. The molecule has 25 heavy (non-hydrogen) atoms. The maximum absolute atomic E-state index is 12.9. The molecule has 0 unspecified atom stereocenters. The van der Waals surface area contributed by atoms with Crippen molar-refractivity contribution in [2.75, 3.05) is 44.3 Å². The van der Waals surface area contributed by atoms with E-state index in [0.29, 0.717) is 24.7 Å². The maximum atomic E-state index is 12.9. The minimum absolute atomic E-state index is 0.00610. The molecule has 3 heterocycles. The van der Waals surface area contributed by atoms with Gasteiger partial charge in [0.1, 0.15) is 11.5 Å². The lowest BCUT2D eigenvalue weighted by Gasteiger charge is -2.28. The average molecular weight is 338 g/mol. The molecule has 1 aromatic carbocycles. The van der Waals surface area contributed by atoms with E-state index in [2.05, 4.69) is 9.88 Å². The van der Waals surface area contributed by atoms with Crippen molar-refractivity contribution < 1.29 is 9.53 Å². The van der Waals surface area contributed by atoms with Crippen molar-refractivity contribution in [1.29, 1.82) is 0 Å². The van der Waals surface area contributed by atoms with Crippen molar-refractivity contribution in [3.8, 4) is 11.4 Å². The Morgan fingerprint density at radius 2 is 1.68 bits per heavy atom. The fraction of sp³-hybridized carbons (Fsp3) is 0.421. The summed E-state index contributed by atoms with van der Waals surface area (Å²) in [4.78, 5) is 26.2. The lowest BCUT2D eigenvalue weighted by molar-refractivity contribution is 0.0787. The van der Waals surface area contributed by atoms with Crippen molar-refractivity contribution in [2.24, 2.45) is 0 Å². The Morgan fingerprint density at radius 3 is 2.40 bits per heavy atom. The molecule has 2 aliphatic rings. The van der Waals surface area contributed by atoms with E-state index in [1.54, 1.807) is 0 Å². The predicted octanol–water partition coefficient (Wildman–Crippen LogP) is 2.22. The number of benzene rings is 1. The molecule has 0 bridgehead atoms. The molecule has 2 saturated heterocycles. The molecule has 0 radical (unpaired) electrons. The molecule has 1 aromatic heterocycles. The third-order valence-corrected chi connectivity index (χ3v) is 4.69. The molecule has 0 spiro atoms. The first kappa shape index (κ1) is 16.0. The highest BCUT2D eigenvalue weighted by Gasteiger charge is 2.23. The molecule has 2 fully saturated rings. The summed E-state index contributed by atoms with van der Waals surface area (Å²) in [6.45, 7) is 4.55. The highest BCUT2D eigenvalue weighted by Crippen LogP contribution is 2.22. The van der Waals surface area contributed by atoms with Crippen LogP contribution in [0.1, 0.15) is 23.3 Å². The largest absolute Gasteiger partial charge is 0.378 e. The van der Waals surface area contributed by atoms with Gasteiger partial charge in [-0.05, 0) is 12.8 Å². The van der Waals surface area contributed by atoms with Crippen LogP contribution >= 0.6 is 0 Å². The van der Waals surface area contributed by atoms with Crippen molar-refractivity contribution >= 4 is 11.7 Å². The number of morpholine rings is 1. The summed E-state index contributed by atoms with van der Waals surface area (Å²) < 4.78 is 5.43. The van der Waals surface area contributed by atoms with Gasteiger partial charge in [0.2, 0.25) is 0 Å². The van der Waals surface area contributed by atoms with Gasteiger partial charge in [0.05, 0.1) is 13.2 Å². The molecule has 2 aliphatic heterocycles. The van der Waals surface area contributed by atoms with E-state index < -0.39 is 0 Å². The number of ether oxygens (including phenoxy) is 1. The Kier molecular flexibility index (Phi) is 4.61. The number of carbonyl (C=O) groups is 1. The van der Waals surface area contributed by atoms with Crippen LogP contribution in [0.15, 0.2) is 36.4 Å². The minimum Gasteiger partial charge on any atom is -0.378 e. The Morgan fingerprint density at radius 1 is 0.960 bits per heavy atom. The molecule has 0 aliphatic carbocycles. The van der Waals surface area contributed by atoms with Crippen molar-refractivity contribution in [1.82, 2.24) is 14.9 Å². The molecule has 0 saturated carbocycles. The number of anilines is 1. The minimum atomic E-state index is 0.00610. The van der Waals surface area contributed by atoms with E-state index in [0.717, 1.165) is 50.4 Å². The molecule has 4 rings (SSSR count). The summed E-state index contributed by atoms with van der Waals surface area (Å²) in [5.74, 6) is 1.42. The van der Waals surface area contributed by atoms with Crippen LogP contribution in [0.3, 0.4) is 0 Å². The van der Waals surface area contributed by atoms with Crippen LogP contribution in [0.25, 0.3) is 11.4 Å². The van der Waals surface area contributed by atoms with Gasteiger partial charge >= 0.3 is 0 Å². The van der Waals surface area contributed by atoms with Gasteiger partial charge in [-0.3, -0.25) is 4.79 Å². The Bertz CT molecular complexity index is 738. The third-order valence-electron chi connectivity index (χ3n) is 4.69. The molecule has 6 nitrogen and oxygen atoms in total. The third kappa shape index (κ3) is 3.49. The van der Waals surface area contributed by atoms with Crippen molar-refractivity contribution in [3.63, 3.8) is 0 Å². The number of rotatable bonds is 3. The van der Waals surface area contributed by atoms with E-state index in [9.17, 15) is 4.79 Å². The van der Waals surface area contributed by atoms with Gasteiger partial charge < -0.3 is 14.5 Å². The molecule has 2 aromatic rings. The molecular weight excluding hydrogens is 316 g/mol. The zero-order chi connectivity index (χ0) is 17.1. The van der Waals surface area contributed by atoms with Crippen LogP contribution in [-0.2, 0) is 4.74 Å². The Hall–Kier alpha value is -2.47. The van der Waals surface area contributed by atoms with Crippen LogP contribution in [0.5, 0.6) is 0 Å². The zero-order valence-electron chi connectivity index (χ0n) is 14.2. The normalized spacial score (nSPS) is 17.8. The first-order valence-electron chi connectivity index (χ1n) is 8.88. The van der Waals surface area contributed by atoms with Gasteiger partial charge in [-0.2, -0.15) is 0 Å². The van der Waals surface area contributed by atoms with Crippen LogP contribution in [0.2, 0.25) is 0 Å². The average Bonchev–Trinajstić information content (AvgIpc) is 3.23. The summed E-state index contributed by atoms with van der Waals surface area (Å²) in [5, 5.41) is 0. The van der Waals surface area contributed by atoms with E-state index in [-0.39, 0.29) is 5.91 Å². The number of carbonyl (C=O) groups excluding carboxylic acids is 1. The summed E-state index contributed by atoms with van der Waals surface area (Å²) in [7, 11) is 0. The quantitative estimate of drug-likeness (QED) is 0.859. The van der Waals surface area contributed by atoms with E-state index in [4.69, 9.17) is 9.72 Å². The summed E-state index contributed by atoms with van der Waals surface area (Å²) in [6.07, 6.45) is 2.14. The number of likely N-dealkylation sites (tertiary alicyclic amines) is 1. The molecular formula is C19H22N4O2. The topological polar surface area (TPSA) is 58.6 Å². The first-order chi connectivity index (χ1) is 12.3. The summed E-state index contributed by atoms with van der Waals surface area (Å²) in [5.41, 5.74) is 1.41. The van der Waals surface area contributed by atoms with Crippen LogP contribution in [-0.4, -0.2) is 60.2 Å². The second-order valence-electron chi connectivity index (χ2n) is 6.40. The number of amides is 1. The van der Waals surface area contributed by atoms with Gasteiger partial charge in [0, 0.05) is 37.8 Å². The highest BCUT2D eigenvalue weighted by molar-refractivity contribution is 5.93. The fourth-order valence-electron chi connectivity index (χ4n) is 3.30. The first-order valence-corrected chi connectivity index (χ1v) is 8.88. The molecule has 6 heteroatoms. The molecule has 130 valence electrons. The van der Waals surface area contributed by atoms with Gasteiger partial charge in [0.15, 0.2) is 5.82 Å². The van der Waals surface area contributed by atoms with Crippen LogP contribution < -0.4 is 4.90 Å². The SMILES string of the molecule is O=C(c1cc(N2CCOCC2)nc(-c2ccccc2)n1)N1CCCC1. The Balaban J connectivity index is 1.73. The van der Waals surface area contributed by atoms with E-state index >= 15 is 0 Å². The van der Waals surface area contributed by atoms with Crippen LogP contribution in [0.4, 0.5) is 5.82 Å². The van der Waals surface area contributed by atoms with Gasteiger partial charge in [-0.25, -0.2) is 9.97 Å². The van der Waals surface area contributed by atoms with E-state index in [1.165, 1.54) is 0 Å². The summed E-state index contributed by atoms with van der Waals surface area (Å²) >= 11 is 0. The second-order valence-corrected chi connectivity index (χ2v) is 6.40. The highest BCUT2D eigenvalue weighted by atomic mass is 16.5. The predicted molar refractivity (Wildman–Crippen MR) is 95.6 cm³/mol. The fourth-order valence-corrected chi connectivity index (χ4v) is 3.30. The number of nitrogens with zero attached hydrogens (tertiary/aromatic N) is 4. The van der Waals surface area contributed by atoms with Gasteiger partial charge in [-0.1, -0.05) is 30.3 Å². The van der Waals surface area contributed by atoms with Crippen LogP contribution in [0, 0.1) is 0 Å². The lowest BCUT2D eigenvalue weighted by Crippen LogP contribution is -2.37.